The average Bonchev–Trinajstić information content (AvgIpc) is 2.73. The lowest BCUT2D eigenvalue weighted by molar-refractivity contribution is -0.138. The normalized spacial score (nSPS) is 11.2. The van der Waals surface area contributed by atoms with Crippen molar-refractivity contribution in [3.05, 3.63) is 65.7 Å². The Kier molecular flexibility index (Phi) is 8.47. The molecule has 0 aliphatic carbocycles. The highest BCUT2D eigenvalue weighted by Gasteiger charge is 2.24. The third-order valence-corrected chi connectivity index (χ3v) is 4.44. The molecule has 0 unspecified atom stereocenters. The van der Waals surface area contributed by atoms with E-state index in [2.05, 4.69) is 26.7 Å². The first-order valence-corrected chi connectivity index (χ1v) is 9.89. The molecule has 0 spiro atoms. The molecule has 0 saturated heterocycles. The van der Waals surface area contributed by atoms with E-state index in [1.54, 1.807) is 12.1 Å². The molecule has 0 aliphatic heterocycles. The SMILES string of the molecule is CN(NC(=O)[C@H](Cc1ccc(O)cc1)NC(=O)OCc1ccccc1)C(=O)CBr. The number of nitrogens with zero attached hydrogens (tertiary/aromatic N) is 1. The van der Waals surface area contributed by atoms with Crippen LogP contribution in [0.15, 0.2) is 54.6 Å². The first kappa shape index (κ1) is 22.2. The summed E-state index contributed by atoms with van der Waals surface area (Å²) < 4.78 is 5.18. The predicted octanol–water partition coefficient (Wildman–Crippen LogP) is 2.11. The van der Waals surface area contributed by atoms with E-state index in [1.165, 1.54) is 19.2 Å². The number of amides is 3. The van der Waals surface area contributed by atoms with Gasteiger partial charge in [-0.05, 0) is 23.3 Å². The number of aromatic hydroxyl groups is 1. The summed E-state index contributed by atoms with van der Waals surface area (Å²) in [6.45, 7) is 0.0577. The minimum absolute atomic E-state index is 0.0406. The molecule has 154 valence electrons. The van der Waals surface area contributed by atoms with Crippen LogP contribution in [-0.2, 0) is 27.4 Å². The molecule has 2 aromatic rings. The smallest absolute Gasteiger partial charge is 0.408 e. The van der Waals surface area contributed by atoms with E-state index in [4.69, 9.17) is 4.74 Å². The van der Waals surface area contributed by atoms with E-state index in [0.717, 1.165) is 10.6 Å². The van der Waals surface area contributed by atoms with Crippen molar-refractivity contribution in [3.8, 4) is 5.75 Å². The second-order valence-corrected chi connectivity index (χ2v) is 6.75. The molecule has 1 atom stereocenters. The van der Waals surface area contributed by atoms with Crippen molar-refractivity contribution < 1.29 is 24.2 Å². The van der Waals surface area contributed by atoms with Crippen molar-refractivity contribution in [2.45, 2.75) is 19.1 Å². The predicted molar refractivity (Wildman–Crippen MR) is 110 cm³/mol. The van der Waals surface area contributed by atoms with Gasteiger partial charge >= 0.3 is 6.09 Å². The highest BCUT2D eigenvalue weighted by Crippen LogP contribution is 2.12. The number of hydrogen-bond acceptors (Lipinski definition) is 5. The molecule has 0 bridgehead atoms. The van der Waals surface area contributed by atoms with Gasteiger partial charge in [-0.15, -0.1) is 0 Å². The Hall–Kier alpha value is -3.07. The minimum atomic E-state index is -0.992. The van der Waals surface area contributed by atoms with Crippen LogP contribution in [0.1, 0.15) is 11.1 Å². The zero-order valence-corrected chi connectivity index (χ0v) is 17.4. The lowest BCUT2D eigenvalue weighted by atomic mass is 10.1. The molecule has 2 rings (SSSR count). The molecular formula is C20H22BrN3O5. The van der Waals surface area contributed by atoms with E-state index in [9.17, 15) is 19.5 Å². The molecule has 0 radical (unpaired) electrons. The standard InChI is InChI=1S/C20H22BrN3O5/c1-24(18(26)12-21)23-19(27)17(11-14-7-9-16(25)10-8-14)22-20(28)29-13-15-5-3-2-4-6-15/h2-10,17,25H,11-13H2,1H3,(H,22,28)(H,23,27)/t17-/m0/s1. The summed E-state index contributed by atoms with van der Waals surface area (Å²) >= 11 is 3.03. The molecule has 9 heteroatoms. The number of carbonyl (C=O) groups is 3. The van der Waals surface area contributed by atoms with E-state index in [0.29, 0.717) is 5.56 Å². The average molecular weight is 464 g/mol. The molecule has 3 amide bonds. The topological polar surface area (TPSA) is 108 Å². The third-order valence-electron chi connectivity index (χ3n) is 3.96. The van der Waals surface area contributed by atoms with E-state index in [1.807, 2.05) is 30.3 Å². The summed E-state index contributed by atoms with van der Waals surface area (Å²) in [7, 11) is 1.41. The first-order chi connectivity index (χ1) is 13.9. The van der Waals surface area contributed by atoms with Crippen LogP contribution >= 0.6 is 15.9 Å². The number of alkyl halides is 1. The Morgan fingerprint density at radius 1 is 1.07 bits per heavy atom. The van der Waals surface area contributed by atoms with Gasteiger partial charge in [0.05, 0.1) is 5.33 Å². The van der Waals surface area contributed by atoms with Crippen LogP contribution in [0.4, 0.5) is 4.79 Å². The lowest BCUT2D eigenvalue weighted by Crippen LogP contribution is -2.54. The number of nitrogens with one attached hydrogen (secondary N) is 2. The van der Waals surface area contributed by atoms with Gasteiger partial charge in [-0.3, -0.25) is 20.0 Å². The van der Waals surface area contributed by atoms with Gasteiger partial charge in [-0.1, -0.05) is 58.4 Å². The number of halogens is 1. The van der Waals surface area contributed by atoms with Gasteiger partial charge in [0.25, 0.3) is 11.8 Å². The van der Waals surface area contributed by atoms with Crippen LogP contribution in [0, 0.1) is 0 Å². The van der Waals surface area contributed by atoms with Crippen LogP contribution < -0.4 is 10.7 Å². The van der Waals surface area contributed by atoms with Crippen molar-refractivity contribution in [1.82, 2.24) is 15.8 Å². The Morgan fingerprint density at radius 2 is 1.72 bits per heavy atom. The fraction of sp³-hybridized carbons (Fsp3) is 0.250. The monoisotopic (exact) mass is 463 g/mol. The molecule has 0 heterocycles. The van der Waals surface area contributed by atoms with Crippen molar-refractivity contribution in [3.63, 3.8) is 0 Å². The van der Waals surface area contributed by atoms with Crippen LogP contribution in [0.3, 0.4) is 0 Å². The lowest BCUT2D eigenvalue weighted by Gasteiger charge is -2.23. The summed E-state index contributed by atoms with van der Waals surface area (Å²) in [6.07, 6.45) is -0.620. The van der Waals surface area contributed by atoms with Gasteiger partial charge in [0.1, 0.15) is 18.4 Å². The highest BCUT2D eigenvalue weighted by molar-refractivity contribution is 9.09. The van der Waals surface area contributed by atoms with Gasteiger partial charge in [-0.2, -0.15) is 0 Å². The Morgan fingerprint density at radius 3 is 2.34 bits per heavy atom. The summed E-state index contributed by atoms with van der Waals surface area (Å²) in [5.74, 6) is -0.840. The zero-order chi connectivity index (χ0) is 21.2. The number of hydrazine groups is 1. The molecule has 0 aromatic heterocycles. The summed E-state index contributed by atoms with van der Waals surface area (Å²) in [6, 6.07) is 14.4. The summed E-state index contributed by atoms with van der Waals surface area (Å²) in [5, 5.41) is 13.0. The second kappa shape index (κ2) is 11.1. The maximum absolute atomic E-state index is 12.6. The maximum Gasteiger partial charge on any atom is 0.408 e. The zero-order valence-electron chi connectivity index (χ0n) is 15.8. The highest BCUT2D eigenvalue weighted by atomic mass is 79.9. The third kappa shape index (κ3) is 7.46. The first-order valence-electron chi connectivity index (χ1n) is 8.77. The molecular weight excluding hydrogens is 442 g/mol. The number of carbonyl (C=O) groups excluding carboxylic acids is 3. The molecule has 8 nitrogen and oxygen atoms in total. The van der Waals surface area contributed by atoms with Gasteiger partial charge in [0.2, 0.25) is 0 Å². The summed E-state index contributed by atoms with van der Waals surface area (Å²) in [4.78, 5) is 36.5. The molecule has 3 N–H and O–H groups in total. The Balaban J connectivity index is 2.04. The van der Waals surface area contributed by atoms with Crippen molar-refractivity contribution >= 4 is 33.8 Å². The van der Waals surface area contributed by atoms with E-state index < -0.39 is 18.0 Å². The Bertz CT molecular complexity index is 830. The van der Waals surface area contributed by atoms with Crippen LogP contribution in [0.2, 0.25) is 0 Å². The van der Waals surface area contributed by atoms with Gasteiger partial charge in [0, 0.05) is 13.5 Å². The molecule has 0 aliphatic rings. The van der Waals surface area contributed by atoms with Gasteiger partial charge < -0.3 is 15.2 Å². The van der Waals surface area contributed by atoms with Gasteiger partial charge in [0.15, 0.2) is 0 Å². The van der Waals surface area contributed by atoms with Crippen LogP contribution in [0.25, 0.3) is 0 Å². The molecule has 0 fully saturated rings. The molecule has 2 aromatic carbocycles. The largest absolute Gasteiger partial charge is 0.508 e. The van der Waals surface area contributed by atoms with Gasteiger partial charge in [-0.25, -0.2) is 4.79 Å². The number of phenolic OH excluding ortho intramolecular Hbond substituents is 1. The number of alkyl carbamates (subject to hydrolysis) is 1. The number of hydrogen-bond donors (Lipinski definition) is 3. The van der Waals surface area contributed by atoms with Crippen LogP contribution in [-0.4, -0.2) is 46.4 Å². The fourth-order valence-corrected chi connectivity index (χ4v) is 2.76. The Labute approximate surface area is 176 Å². The van der Waals surface area contributed by atoms with E-state index in [-0.39, 0.29) is 30.0 Å². The molecule has 29 heavy (non-hydrogen) atoms. The molecule has 0 saturated carbocycles. The number of benzene rings is 2. The minimum Gasteiger partial charge on any atom is -0.508 e. The van der Waals surface area contributed by atoms with Crippen molar-refractivity contribution in [1.29, 1.82) is 0 Å². The fourth-order valence-electron chi connectivity index (χ4n) is 2.38. The maximum atomic E-state index is 12.6. The number of rotatable bonds is 7. The summed E-state index contributed by atoms with van der Waals surface area (Å²) in [5.41, 5.74) is 3.96. The van der Waals surface area contributed by atoms with Crippen molar-refractivity contribution in [2.24, 2.45) is 0 Å². The van der Waals surface area contributed by atoms with Crippen LogP contribution in [0.5, 0.6) is 5.75 Å². The number of ether oxygens (including phenoxy) is 1. The second-order valence-electron chi connectivity index (χ2n) is 6.19. The number of phenols is 1. The van der Waals surface area contributed by atoms with Crippen molar-refractivity contribution in [2.75, 3.05) is 12.4 Å². The van der Waals surface area contributed by atoms with E-state index >= 15 is 0 Å². The quantitative estimate of drug-likeness (QED) is 0.430.